The van der Waals surface area contributed by atoms with Gasteiger partial charge in [0.25, 0.3) is 0 Å². The summed E-state index contributed by atoms with van der Waals surface area (Å²) in [6, 6.07) is 10.4. The SMILES string of the molecule is NC(=O)CCN1CCN(c2ccccc2)CC1. The summed E-state index contributed by atoms with van der Waals surface area (Å²) in [6.45, 7) is 4.83. The summed E-state index contributed by atoms with van der Waals surface area (Å²) in [7, 11) is 0. The van der Waals surface area contributed by atoms with Gasteiger partial charge in [-0.05, 0) is 12.1 Å². The molecule has 0 aliphatic carbocycles. The van der Waals surface area contributed by atoms with E-state index in [-0.39, 0.29) is 5.91 Å². The van der Waals surface area contributed by atoms with Gasteiger partial charge in [0.05, 0.1) is 0 Å². The van der Waals surface area contributed by atoms with Crippen molar-refractivity contribution in [1.29, 1.82) is 0 Å². The smallest absolute Gasteiger partial charge is 0.218 e. The van der Waals surface area contributed by atoms with Crippen LogP contribution >= 0.6 is 0 Å². The van der Waals surface area contributed by atoms with Gasteiger partial charge < -0.3 is 10.6 Å². The average molecular weight is 233 g/mol. The van der Waals surface area contributed by atoms with E-state index in [4.69, 9.17) is 5.73 Å². The number of hydrogen-bond donors (Lipinski definition) is 1. The quantitative estimate of drug-likeness (QED) is 0.832. The Hall–Kier alpha value is -1.55. The van der Waals surface area contributed by atoms with Crippen LogP contribution in [-0.2, 0) is 4.79 Å². The first-order chi connectivity index (χ1) is 8.25. The first kappa shape index (κ1) is 11.9. The first-order valence-electron chi connectivity index (χ1n) is 6.06. The Labute approximate surface area is 102 Å². The molecule has 1 aromatic carbocycles. The number of benzene rings is 1. The molecule has 1 aliphatic heterocycles. The molecule has 0 radical (unpaired) electrons. The van der Waals surface area contributed by atoms with Crippen molar-refractivity contribution in [3.05, 3.63) is 30.3 Å². The molecule has 92 valence electrons. The van der Waals surface area contributed by atoms with Gasteiger partial charge in [-0.2, -0.15) is 0 Å². The molecule has 1 saturated heterocycles. The highest BCUT2D eigenvalue weighted by Crippen LogP contribution is 2.15. The van der Waals surface area contributed by atoms with Crippen molar-refractivity contribution in [2.24, 2.45) is 5.73 Å². The molecule has 4 heteroatoms. The van der Waals surface area contributed by atoms with Crippen LogP contribution in [0.15, 0.2) is 30.3 Å². The molecule has 1 fully saturated rings. The van der Waals surface area contributed by atoms with Crippen molar-refractivity contribution in [1.82, 2.24) is 4.90 Å². The number of primary amides is 1. The number of para-hydroxylation sites is 1. The topological polar surface area (TPSA) is 49.6 Å². The second-order valence-corrected chi connectivity index (χ2v) is 4.38. The lowest BCUT2D eigenvalue weighted by molar-refractivity contribution is -0.118. The number of nitrogens with two attached hydrogens (primary N) is 1. The van der Waals surface area contributed by atoms with E-state index in [0.29, 0.717) is 6.42 Å². The third kappa shape index (κ3) is 3.46. The molecule has 2 rings (SSSR count). The molecular weight excluding hydrogens is 214 g/mol. The summed E-state index contributed by atoms with van der Waals surface area (Å²) >= 11 is 0. The number of anilines is 1. The summed E-state index contributed by atoms with van der Waals surface area (Å²) in [4.78, 5) is 15.4. The monoisotopic (exact) mass is 233 g/mol. The van der Waals surface area contributed by atoms with Gasteiger partial charge >= 0.3 is 0 Å². The van der Waals surface area contributed by atoms with Gasteiger partial charge in [0.2, 0.25) is 5.91 Å². The lowest BCUT2D eigenvalue weighted by atomic mass is 10.2. The van der Waals surface area contributed by atoms with Crippen molar-refractivity contribution in [2.45, 2.75) is 6.42 Å². The van der Waals surface area contributed by atoms with Crippen molar-refractivity contribution >= 4 is 11.6 Å². The zero-order chi connectivity index (χ0) is 12.1. The number of rotatable bonds is 4. The summed E-state index contributed by atoms with van der Waals surface area (Å²) in [5.41, 5.74) is 6.43. The highest BCUT2D eigenvalue weighted by atomic mass is 16.1. The number of carbonyl (C=O) groups is 1. The number of amides is 1. The highest BCUT2D eigenvalue weighted by molar-refractivity contribution is 5.73. The Morgan fingerprint density at radius 3 is 2.35 bits per heavy atom. The second-order valence-electron chi connectivity index (χ2n) is 4.38. The van der Waals surface area contributed by atoms with Gasteiger partial charge in [-0.3, -0.25) is 9.69 Å². The summed E-state index contributed by atoms with van der Waals surface area (Å²) in [5.74, 6) is -0.213. The van der Waals surface area contributed by atoms with Gasteiger partial charge in [-0.15, -0.1) is 0 Å². The molecule has 4 nitrogen and oxygen atoms in total. The maximum Gasteiger partial charge on any atom is 0.218 e. The molecule has 0 atom stereocenters. The third-order valence-corrected chi connectivity index (χ3v) is 3.17. The van der Waals surface area contributed by atoms with Crippen molar-refractivity contribution in [2.75, 3.05) is 37.6 Å². The minimum atomic E-state index is -0.213. The van der Waals surface area contributed by atoms with Gasteiger partial charge in [0.15, 0.2) is 0 Å². The highest BCUT2D eigenvalue weighted by Gasteiger charge is 2.16. The fraction of sp³-hybridized carbons (Fsp3) is 0.462. The van der Waals surface area contributed by atoms with Crippen LogP contribution in [0, 0.1) is 0 Å². The number of nitrogens with zero attached hydrogens (tertiary/aromatic N) is 2. The standard InChI is InChI=1S/C13H19N3O/c14-13(17)6-7-15-8-10-16(11-9-15)12-4-2-1-3-5-12/h1-5H,6-11H2,(H2,14,17). The number of carbonyl (C=O) groups excluding carboxylic acids is 1. The molecule has 17 heavy (non-hydrogen) atoms. The number of hydrogen-bond acceptors (Lipinski definition) is 3. The van der Waals surface area contributed by atoms with Gasteiger partial charge in [-0.25, -0.2) is 0 Å². The largest absolute Gasteiger partial charge is 0.370 e. The average Bonchev–Trinajstić information content (AvgIpc) is 2.38. The fourth-order valence-corrected chi connectivity index (χ4v) is 2.14. The second kappa shape index (κ2) is 5.68. The molecule has 1 amide bonds. The first-order valence-corrected chi connectivity index (χ1v) is 6.06. The lowest BCUT2D eigenvalue weighted by Gasteiger charge is -2.35. The van der Waals surface area contributed by atoms with Gasteiger partial charge in [-0.1, -0.05) is 18.2 Å². The molecule has 1 heterocycles. The zero-order valence-electron chi connectivity index (χ0n) is 10.0. The lowest BCUT2D eigenvalue weighted by Crippen LogP contribution is -2.47. The third-order valence-electron chi connectivity index (χ3n) is 3.17. The van der Waals surface area contributed by atoms with Crippen molar-refractivity contribution < 1.29 is 4.79 Å². The molecular formula is C13H19N3O. The normalized spacial score (nSPS) is 17.1. The van der Waals surface area contributed by atoms with E-state index in [2.05, 4.69) is 34.1 Å². The van der Waals surface area contributed by atoms with Crippen LogP contribution < -0.4 is 10.6 Å². The Bertz CT molecular complexity index is 358. The molecule has 1 aliphatic rings. The summed E-state index contributed by atoms with van der Waals surface area (Å²) < 4.78 is 0. The Balaban J connectivity index is 1.80. The Morgan fingerprint density at radius 1 is 1.12 bits per heavy atom. The summed E-state index contributed by atoms with van der Waals surface area (Å²) in [5, 5.41) is 0. The number of piperazine rings is 1. The minimum absolute atomic E-state index is 0.213. The van der Waals surface area contributed by atoms with E-state index in [1.807, 2.05) is 6.07 Å². The maximum absolute atomic E-state index is 10.7. The Morgan fingerprint density at radius 2 is 1.76 bits per heavy atom. The van der Waals surface area contributed by atoms with Crippen LogP contribution in [0.5, 0.6) is 0 Å². The van der Waals surface area contributed by atoms with E-state index in [1.54, 1.807) is 0 Å². The van der Waals surface area contributed by atoms with E-state index >= 15 is 0 Å². The summed E-state index contributed by atoms with van der Waals surface area (Å²) in [6.07, 6.45) is 0.464. The molecule has 1 aromatic rings. The van der Waals surface area contributed by atoms with Crippen LogP contribution in [0.1, 0.15) is 6.42 Å². The minimum Gasteiger partial charge on any atom is -0.370 e. The van der Waals surface area contributed by atoms with E-state index in [0.717, 1.165) is 32.7 Å². The van der Waals surface area contributed by atoms with E-state index < -0.39 is 0 Å². The molecule has 0 spiro atoms. The molecule has 2 N–H and O–H groups in total. The van der Waals surface area contributed by atoms with Crippen molar-refractivity contribution in [3.63, 3.8) is 0 Å². The van der Waals surface area contributed by atoms with Crippen LogP contribution in [-0.4, -0.2) is 43.5 Å². The van der Waals surface area contributed by atoms with Crippen LogP contribution in [0.3, 0.4) is 0 Å². The fourth-order valence-electron chi connectivity index (χ4n) is 2.14. The van der Waals surface area contributed by atoms with Gasteiger partial charge in [0, 0.05) is 44.8 Å². The molecule has 0 unspecified atom stereocenters. The van der Waals surface area contributed by atoms with E-state index in [1.165, 1.54) is 5.69 Å². The van der Waals surface area contributed by atoms with Crippen LogP contribution in [0.2, 0.25) is 0 Å². The van der Waals surface area contributed by atoms with Crippen LogP contribution in [0.25, 0.3) is 0 Å². The maximum atomic E-state index is 10.7. The molecule has 0 saturated carbocycles. The predicted octanol–water partition coefficient (Wildman–Crippen LogP) is 0.684. The molecule has 0 aromatic heterocycles. The van der Waals surface area contributed by atoms with Crippen LogP contribution in [0.4, 0.5) is 5.69 Å². The predicted molar refractivity (Wildman–Crippen MR) is 68.9 cm³/mol. The van der Waals surface area contributed by atoms with Gasteiger partial charge in [0.1, 0.15) is 0 Å². The Kier molecular flexibility index (Phi) is 3.98. The molecule has 0 bridgehead atoms. The zero-order valence-corrected chi connectivity index (χ0v) is 10.0. The van der Waals surface area contributed by atoms with E-state index in [9.17, 15) is 4.79 Å². The van der Waals surface area contributed by atoms with Crippen molar-refractivity contribution in [3.8, 4) is 0 Å².